The van der Waals surface area contributed by atoms with Gasteiger partial charge in [-0.3, -0.25) is 4.79 Å². The van der Waals surface area contributed by atoms with Crippen LogP contribution >= 0.6 is 0 Å². The number of esters is 1. The summed E-state index contributed by atoms with van der Waals surface area (Å²) < 4.78 is 37.9. The minimum Gasteiger partial charge on any atom is -0.497 e. The molecular weight excluding hydrogens is 456 g/mol. The largest absolute Gasteiger partial charge is 0.497 e. The zero-order valence-electron chi connectivity index (χ0n) is 19.4. The summed E-state index contributed by atoms with van der Waals surface area (Å²) in [5, 5.41) is 2.56. The zero-order chi connectivity index (χ0) is 24.6. The van der Waals surface area contributed by atoms with Crippen LogP contribution in [0.2, 0.25) is 0 Å². The number of anilines is 1. The van der Waals surface area contributed by atoms with Crippen molar-refractivity contribution in [3.63, 3.8) is 0 Å². The lowest BCUT2D eigenvalue weighted by molar-refractivity contribution is -0.142. The number of carbonyl (C=O) groups is 2. The number of ether oxygens (including phenoxy) is 2. The Balaban J connectivity index is 1.59. The number of para-hydroxylation sites is 1. The summed E-state index contributed by atoms with van der Waals surface area (Å²) in [6.45, 7) is -0.543. The van der Waals surface area contributed by atoms with Crippen LogP contribution in [0.4, 0.5) is 5.69 Å². The monoisotopic (exact) mass is 486 g/mol. The van der Waals surface area contributed by atoms with Gasteiger partial charge < -0.3 is 14.8 Å². The normalized spacial score (nSPS) is 14.8. The van der Waals surface area contributed by atoms with Gasteiger partial charge >= 0.3 is 5.97 Å². The minimum atomic E-state index is -3.80. The highest BCUT2D eigenvalue weighted by Gasteiger charge is 2.31. The quantitative estimate of drug-likeness (QED) is 0.427. The second-order valence-electron chi connectivity index (χ2n) is 8.07. The Bertz CT molecular complexity index is 1120. The average molecular weight is 487 g/mol. The molecule has 2 aromatic carbocycles. The van der Waals surface area contributed by atoms with Crippen LogP contribution in [0.25, 0.3) is 6.08 Å². The first-order valence-corrected chi connectivity index (χ1v) is 12.6. The minimum absolute atomic E-state index is 0.0159. The average Bonchev–Trinajstić information content (AvgIpc) is 2.86. The van der Waals surface area contributed by atoms with E-state index in [0.29, 0.717) is 5.75 Å². The lowest BCUT2D eigenvalue weighted by Gasteiger charge is -2.30. The topological polar surface area (TPSA) is 102 Å². The Labute approximate surface area is 200 Å². The van der Waals surface area contributed by atoms with Gasteiger partial charge in [0.25, 0.3) is 5.91 Å². The molecular formula is C25H30N2O6S. The van der Waals surface area contributed by atoms with Crippen molar-refractivity contribution in [3.8, 4) is 5.75 Å². The lowest BCUT2D eigenvalue weighted by Crippen LogP contribution is -2.38. The molecule has 8 nitrogen and oxygen atoms in total. The molecule has 0 aliphatic heterocycles. The van der Waals surface area contributed by atoms with Gasteiger partial charge in [0.05, 0.1) is 12.8 Å². The zero-order valence-corrected chi connectivity index (χ0v) is 20.2. The van der Waals surface area contributed by atoms with E-state index in [4.69, 9.17) is 9.47 Å². The number of benzene rings is 2. The van der Waals surface area contributed by atoms with Crippen LogP contribution in [0.3, 0.4) is 0 Å². The summed E-state index contributed by atoms with van der Waals surface area (Å²) >= 11 is 0. The fourth-order valence-corrected chi connectivity index (χ4v) is 5.40. The van der Waals surface area contributed by atoms with Crippen molar-refractivity contribution < 1.29 is 27.5 Å². The van der Waals surface area contributed by atoms with Gasteiger partial charge in [-0.05, 0) is 48.7 Å². The smallest absolute Gasteiger partial charge is 0.331 e. The van der Waals surface area contributed by atoms with Crippen molar-refractivity contribution in [3.05, 3.63) is 60.2 Å². The van der Waals surface area contributed by atoms with Gasteiger partial charge in [-0.1, -0.05) is 43.5 Å². The van der Waals surface area contributed by atoms with Crippen LogP contribution in [0.5, 0.6) is 5.75 Å². The molecule has 0 aromatic heterocycles. The van der Waals surface area contributed by atoms with Crippen molar-refractivity contribution in [1.29, 1.82) is 0 Å². The second kappa shape index (κ2) is 11.8. The van der Waals surface area contributed by atoms with Crippen LogP contribution < -0.4 is 10.1 Å². The standard InChI is InChI=1S/C25H30N2O6S/c1-27(20-8-4-3-5-9-20)34(30,31)23-11-7-6-10-22(23)26-24(28)18-33-25(29)17-14-19-12-15-21(32-2)16-13-19/h6-7,10-17,20H,3-5,8-9,18H2,1-2H3,(H,26,28)/b17-14+. The molecule has 1 N–H and O–H groups in total. The second-order valence-corrected chi connectivity index (χ2v) is 10.0. The van der Waals surface area contributed by atoms with Crippen molar-refractivity contribution in [2.45, 2.75) is 43.0 Å². The first-order valence-electron chi connectivity index (χ1n) is 11.2. The molecule has 182 valence electrons. The molecule has 9 heteroatoms. The summed E-state index contributed by atoms with van der Waals surface area (Å²) in [7, 11) is -0.650. The number of nitrogens with zero attached hydrogens (tertiary/aromatic N) is 1. The van der Waals surface area contributed by atoms with E-state index in [0.717, 1.165) is 37.7 Å². The predicted molar refractivity (Wildman–Crippen MR) is 130 cm³/mol. The first-order chi connectivity index (χ1) is 16.3. The molecule has 1 aliphatic carbocycles. The SMILES string of the molecule is COc1ccc(/C=C/C(=O)OCC(=O)Nc2ccccc2S(=O)(=O)N(C)C2CCCCC2)cc1. The number of hydrogen-bond acceptors (Lipinski definition) is 6. The highest BCUT2D eigenvalue weighted by molar-refractivity contribution is 7.89. The van der Waals surface area contributed by atoms with Gasteiger partial charge in [0.15, 0.2) is 6.61 Å². The third-order valence-electron chi connectivity index (χ3n) is 5.78. The van der Waals surface area contributed by atoms with Gasteiger partial charge in [-0.2, -0.15) is 4.31 Å². The van der Waals surface area contributed by atoms with E-state index in [1.54, 1.807) is 56.6 Å². The van der Waals surface area contributed by atoms with Crippen molar-refractivity contribution >= 4 is 33.7 Å². The molecule has 1 amide bonds. The molecule has 1 aliphatic rings. The molecule has 0 bridgehead atoms. The lowest BCUT2D eigenvalue weighted by atomic mass is 9.96. The summed E-state index contributed by atoms with van der Waals surface area (Å²) in [4.78, 5) is 24.4. The number of sulfonamides is 1. The molecule has 2 aromatic rings. The van der Waals surface area contributed by atoms with Crippen LogP contribution in [-0.2, 0) is 24.3 Å². The Kier molecular flexibility index (Phi) is 8.84. The van der Waals surface area contributed by atoms with Crippen LogP contribution in [-0.4, -0.2) is 51.4 Å². The molecule has 1 saturated carbocycles. The van der Waals surface area contributed by atoms with Gasteiger partial charge in [-0.25, -0.2) is 13.2 Å². The van der Waals surface area contributed by atoms with E-state index >= 15 is 0 Å². The summed E-state index contributed by atoms with van der Waals surface area (Å²) in [5.41, 5.74) is 0.920. The van der Waals surface area contributed by atoms with Crippen molar-refractivity contribution in [2.75, 3.05) is 26.1 Å². The van der Waals surface area contributed by atoms with E-state index in [1.807, 2.05) is 0 Å². The van der Waals surface area contributed by atoms with Crippen LogP contribution in [0.1, 0.15) is 37.7 Å². The Morgan fingerprint density at radius 2 is 1.74 bits per heavy atom. The van der Waals surface area contributed by atoms with Crippen LogP contribution in [0.15, 0.2) is 59.5 Å². The molecule has 0 saturated heterocycles. The Morgan fingerprint density at radius 3 is 2.41 bits per heavy atom. The molecule has 0 heterocycles. The first kappa shape index (κ1) is 25.5. The molecule has 34 heavy (non-hydrogen) atoms. The van der Waals surface area contributed by atoms with Gasteiger partial charge in [0.2, 0.25) is 10.0 Å². The molecule has 1 fully saturated rings. The van der Waals surface area contributed by atoms with E-state index in [2.05, 4.69) is 5.32 Å². The molecule has 0 radical (unpaired) electrons. The maximum absolute atomic E-state index is 13.2. The fraction of sp³-hybridized carbons (Fsp3) is 0.360. The molecule has 0 atom stereocenters. The Morgan fingerprint density at radius 1 is 1.06 bits per heavy atom. The van der Waals surface area contributed by atoms with Gasteiger partial charge in [-0.15, -0.1) is 0 Å². The van der Waals surface area contributed by atoms with E-state index in [-0.39, 0.29) is 16.6 Å². The molecule has 0 spiro atoms. The summed E-state index contributed by atoms with van der Waals surface area (Å²) in [6.07, 6.45) is 7.54. The fourth-order valence-electron chi connectivity index (χ4n) is 3.84. The summed E-state index contributed by atoms with van der Waals surface area (Å²) in [5.74, 6) is -0.623. The number of hydrogen-bond donors (Lipinski definition) is 1. The highest BCUT2D eigenvalue weighted by atomic mass is 32.2. The molecule has 3 rings (SSSR count). The third-order valence-corrected chi connectivity index (χ3v) is 7.75. The van der Waals surface area contributed by atoms with E-state index < -0.39 is 28.5 Å². The van der Waals surface area contributed by atoms with Gasteiger partial charge in [0.1, 0.15) is 10.6 Å². The highest BCUT2D eigenvalue weighted by Crippen LogP contribution is 2.29. The van der Waals surface area contributed by atoms with Crippen molar-refractivity contribution in [1.82, 2.24) is 4.31 Å². The van der Waals surface area contributed by atoms with Crippen LogP contribution in [0, 0.1) is 0 Å². The summed E-state index contributed by atoms with van der Waals surface area (Å²) in [6, 6.07) is 13.2. The number of methoxy groups -OCH3 is 1. The number of amides is 1. The van der Waals surface area contributed by atoms with Gasteiger partial charge in [0, 0.05) is 19.2 Å². The number of carbonyl (C=O) groups excluding carboxylic acids is 2. The van der Waals surface area contributed by atoms with E-state index in [9.17, 15) is 18.0 Å². The predicted octanol–water partition coefficient (Wildman–Crippen LogP) is 3.84. The maximum atomic E-state index is 13.2. The maximum Gasteiger partial charge on any atom is 0.331 e. The third kappa shape index (κ3) is 6.68. The number of nitrogens with one attached hydrogen (secondary N) is 1. The van der Waals surface area contributed by atoms with E-state index in [1.165, 1.54) is 22.5 Å². The Hall–Kier alpha value is -3.17. The van der Waals surface area contributed by atoms with Crippen molar-refractivity contribution in [2.24, 2.45) is 0 Å². The number of rotatable bonds is 9. The molecule has 0 unspecified atom stereocenters.